The Morgan fingerprint density at radius 2 is 1.96 bits per heavy atom. The third-order valence-corrected chi connectivity index (χ3v) is 4.29. The number of aromatic amines is 1. The fourth-order valence-electron chi connectivity index (χ4n) is 2.91. The molecule has 0 atom stereocenters. The molecule has 1 aromatic carbocycles. The Balaban J connectivity index is 2.20. The van der Waals surface area contributed by atoms with Gasteiger partial charge in [0.1, 0.15) is 5.69 Å². The molecule has 6 nitrogen and oxygen atoms in total. The number of H-pyrrole nitrogens is 1. The highest BCUT2D eigenvalue weighted by atomic mass is 35.5. The summed E-state index contributed by atoms with van der Waals surface area (Å²) in [4.78, 5) is 32.1. The Morgan fingerprint density at radius 3 is 2.63 bits per heavy atom. The van der Waals surface area contributed by atoms with Crippen LogP contribution in [0.15, 0.2) is 30.5 Å². The van der Waals surface area contributed by atoms with Crippen LogP contribution in [0.5, 0.6) is 11.5 Å². The van der Waals surface area contributed by atoms with Crippen molar-refractivity contribution in [2.24, 2.45) is 0 Å². The molecule has 2 aromatic heterocycles. The van der Waals surface area contributed by atoms with E-state index in [2.05, 4.69) is 9.97 Å². The van der Waals surface area contributed by atoms with E-state index in [1.807, 2.05) is 19.9 Å². The van der Waals surface area contributed by atoms with Crippen LogP contribution in [-0.2, 0) is 11.2 Å². The zero-order valence-corrected chi connectivity index (χ0v) is 16.0. The van der Waals surface area contributed by atoms with Crippen LogP contribution in [0.4, 0.5) is 0 Å². The monoisotopic (exact) mass is 386 g/mol. The molecule has 0 spiro atoms. The second-order valence-electron chi connectivity index (χ2n) is 5.88. The number of hydrogen-bond donors (Lipinski definition) is 1. The Bertz CT molecular complexity index is 1030. The van der Waals surface area contributed by atoms with Crippen molar-refractivity contribution >= 4 is 34.3 Å². The third kappa shape index (κ3) is 3.66. The van der Waals surface area contributed by atoms with Gasteiger partial charge in [-0.05, 0) is 43.2 Å². The van der Waals surface area contributed by atoms with Gasteiger partial charge in [-0.2, -0.15) is 0 Å². The lowest BCUT2D eigenvalue weighted by molar-refractivity contribution is -0.131. The number of benzene rings is 1. The lowest BCUT2D eigenvalue weighted by Crippen LogP contribution is -2.12. The molecule has 2 heterocycles. The predicted molar refractivity (Wildman–Crippen MR) is 103 cm³/mol. The van der Waals surface area contributed by atoms with Gasteiger partial charge in [-0.15, -0.1) is 0 Å². The van der Waals surface area contributed by atoms with Gasteiger partial charge in [0.05, 0.1) is 12.1 Å². The number of hydrogen-bond acceptors (Lipinski definition) is 5. The lowest BCUT2D eigenvalue weighted by Gasteiger charge is -2.12. The van der Waals surface area contributed by atoms with E-state index in [-0.39, 0.29) is 17.1 Å². The number of aromatic nitrogens is 2. The van der Waals surface area contributed by atoms with E-state index in [0.717, 1.165) is 5.56 Å². The molecule has 0 aliphatic heterocycles. The van der Waals surface area contributed by atoms with Crippen LogP contribution in [-0.4, -0.2) is 28.3 Å². The second kappa shape index (κ2) is 7.80. The van der Waals surface area contributed by atoms with Crippen molar-refractivity contribution in [1.29, 1.82) is 0 Å². The summed E-state index contributed by atoms with van der Waals surface area (Å²) in [7, 11) is 0. The first-order valence-corrected chi connectivity index (χ1v) is 8.99. The standard InChI is InChI=1S/C20H19ClN2O4/c1-4-12-8-9-22-16(19(12)26-5-2)18(25)17-20(27-11(3)24)14-7-6-13(21)10-15(14)23-17/h6-10,23H,4-5H2,1-3H3. The summed E-state index contributed by atoms with van der Waals surface area (Å²) in [6, 6.07) is 6.85. The summed E-state index contributed by atoms with van der Waals surface area (Å²) in [6.45, 7) is 5.50. The normalized spacial score (nSPS) is 10.8. The first-order chi connectivity index (χ1) is 13.0. The van der Waals surface area contributed by atoms with E-state index in [9.17, 15) is 9.59 Å². The highest BCUT2D eigenvalue weighted by molar-refractivity contribution is 6.31. The van der Waals surface area contributed by atoms with E-state index in [1.54, 1.807) is 24.4 Å². The van der Waals surface area contributed by atoms with Gasteiger partial charge >= 0.3 is 5.97 Å². The number of esters is 1. The van der Waals surface area contributed by atoms with Crippen molar-refractivity contribution < 1.29 is 19.1 Å². The molecule has 0 bridgehead atoms. The van der Waals surface area contributed by atoms with Crippen LogP contribution in [0, 0.1) is 0 Å². The molecular weight excluding hydrogens is 368 g/mol. The van der Waals surface area contributed by atoms with Crippen molar-refractivity contribution in [3.05, 3.63) is 52.4 Å². The largest absolute Gasteiger partial charge is 0.491 e. The summed E-state index contributed by atoms with van der Waals surface area (Å²) < 4.78 is 11.0. The van der Waals surface area contributed by atoms with Crippen molar-refractivity contribution in [2.75, 3.05) is 6.61 Å². The van der Waals surface area contributed by atoms with Gasteiger partial charge in [-0.25, -0.2) is 4.98 Å². The Kier molecular flexibility index (Phi) is 5.46. The molecule has 7 heteroatoms. The van der Waals surface area contributed by atoms with E-state index >= 15 is 0 Å². The molecule has 0 saturated carbocycles. The molecule has 1 N–H and O–H groups in total. The first kappa shape index (κ1) is 18.9. The first-order valence-electron chi connectivity index (χ1n) is 8.61. The van der Waals surface area contributed by atoms with E-state index < -0.39 is 11.8 Å². The number of ether oxygens (including phenoxy) is 2. The number of carbonyl (C=O) groups excluding carboxylic acids is 2. The SMILES string of the molecule is CCOc1c(CC)ccnc1C(=O)c1[nH]c2cc(Cl)ccc2c1OC(C)=O. The number of carbonyl (C=O) groups is 2. The van der Waals surface area contributed by atoms with Crippen LogP contribution in [0.3, 0.4) is 0 Å². The molecule has 0 fully saturated rings. The number of halogens is 1. The molecule has 140 valence electrons. The average molecular weight is 387 g/mol. The molecule has 0 saturated heterocycles. The number of rotatable bonds is 6. The molecule has 27 heavy (non-hydrogen) atoms. The molecule has 0 unspecified atom stereocenters. The number of aryl methyl sites for hydroxylation is 1. The highest BCUT2D eigenvalue weighted by Gasteiger charge is 2.26. The summed E-state index contributed by atoms with van der Waals surface area (Å²) in [5.41, 5.74) is 1.77. The minimum atomic E-state index is -0.528. The Hall–Kier alpha value is -2.86. The maximum Gasteiger partial charge on any atom is 0.308 e. The van der Waals surface area contributed by atoms with Crippen LogP contribution >= 0.6 is 11.6 Å². The third-order valence-electron chi connectivity index (χ3n) is 4.06. The van der Waals surface area contributed by atoms with Crippen molar-refractivity contribution in [3.8, 4) is 11.5 Å². The zero-order chi connectivity index (χ0) is 19.6. The predicted octanol–water partition coefficient (Wildman–Crippen LogP) is 4.33. The number of nitrogens with zero attached hydrogens (tertiary/aromatic N) is 1. The second-order valence-corrected chi connectivity index (χ2v) is 6.31. The smallest absolute Gasteiger partial charge is 0.308 e. The molecular formula is C20H19ClN2O4. The molecule has 0 aliphatic rings. The van der Waals surface area contributed by atoms with E-state index in [0.29, 0.717) is 34.7 Å². The number of ketones is 1. The quantitative estimate of drug-likeness (QED) is 0.503. The fourth-order valence-corrected chi connectivity index (χ4v) is 3.08. The van der Waals surface area contributed by atoms with E-state index in [1.165, 1.54) is 6.92 Å². The number of fused-ring (bicyclic) bond motifs is 1. The van der Waals surface area contributed by atoms with Gasteiger partial charge in [0, 0.05) is 23.5 Å². The average Bonchev–Trinajstić information content (AvgIpc) is 2.98. The van der Waals surface area contributed by atoms with Gasteiger partial charge in [-0.1, -0.05) is 18.5 Å². The summed E-state index contributed by atoms with van der Waals surface area (Å²) in [5.74, 6) is -0.346. The van der Waals surface area contributed by atoms with Gasteiger partial charge in [0.25, 0.3) is 0 Å². The van der Waals surface area contributed by atoms with Gasteiger partial charge in [0.2, 0.25) is 5.78 Å². The van der Waals surface area contributed by atoms with Crippen LogP contribution in [0.25, 0.3) is 10.9 Å². The Labute approximate surface area is 161 Å². The lowest BCUT2D eigenvalue weighted by atomic mass is 10.1. The molecule has 0 aliphatic carbocycles. The fraction of sp³-hybridized carbons (Fsp3) is 0.250. The summed E-state index contributed by atoms with van der Waals surface area (Å²) in [6.07, 6.45) is 2.26. The topological polar surface area (TPSA) is 81.3 Å². The molecule has 0 amide bonds. The number of pyridine rings is 1. The van der Waals surface area contributed by atoms with Gasteiger partial charge < -0.3 is 14.5 Å². The van der Waals surface area contributed by atoms with Crippen LogP contribution < -0.4 is 9.47 Å². The maximum absolute atomic E-state index is 13.3. The minimum Gasteiger partial charge on any atom is -0.491 e. The molecule has 3 aromatic rings. The molecule has 0 radical (unpaired) electrons. The van der Waals surface area contributed by atoms with Gasteiger partial charge in [0.15, 0.2) is 17.2 Å². The summed E-state index contributed by atoms with van der Waals surface area (Å²) >= 11 is 6.04. The molecule has 3 rings (SSSR count). The van der Waals surface area contributed by atoms with E-state index in [4.69, 9.17) is 21.1 Å². The number of nitrogens with one attached hydrogen (secondary N) is 1. The maximum atomic E-state index is 13.3. The zero-order valence-electron chi connectivity index (χ0n) is 15.3. The highest BCUT2D eigenvalue weighted by Crippen LogP contribution is 2.35. The minimum absolute atomic E-state index is 0.129. The van der Waals surface area contributed by atoms with Crippen molar-refractivity contribution in [2.45, 2.75) is 27.2 Å². The van der Waals surface area contributed by atoms with Crippen LogP contribution in [0.2, 0.25) is 5.02 Å². The van der Waals surface area contributed by atoms with Crippen molar-refractivity contribution in [1.82, 2.24) is 9.97 Å². The van der Waals surface area contributed by atoms with Gasteiger partial charge in [-0.3, -0.25) is 9.59 Å². The van der Waals surface area contributed by atoms with Crippen molar-refractivity contribution in [3.63, 3.8) is 0 Å². The summed E-state index contributed by atoms with van der Waals surface area (Å²) in [5, 5.41) is 1.08. The van der Waals surface area contributed by atoms with Crippen LogP contribution in [0.1, 0.15) is 42.5 Å². The Morgan fingerprint density at radius 1 is 1.19 bits per heavy atom.